The van der Waals surface area contributed by atoms with Crippen LogP contribution in [0.3, 0.4) is 0 Å². The molecule has 1 aromatic carbocycles. The fourth-order valence-electron chi connectivity index (χ4n) is 6.64. The second-order valence-electron chi connectivity index (χ2n) is 9.64. The summed E-state index contributed by atoms with van der Waals surface area (Å²) in [5, 5.41) is 10.6. The molecular formula is C25H39NO2. The molecule has 3 aliphatic carbocycles. The molecule has 3 nitrogen and oxygen atoms in total. The van der Waals surface area contributed by atoms with E-state index in [1.165, 1.54) is 37.7 Å². The molecule has 3 heteroatoms. The van der Waals surface area contributed by atoms with E-state index in [0.717, 1.165) is 50.8 Å². The lowest BCUT2D eigenvalue weighted by Gasteiger charge is -2.50. The van der Waals surface area contributed by atoms with Crippen LogP contribution in [0.15, 0.2) is 18.2 Å². The van der Waals surface area contributed by atoms with Gasteiger partial charge in [0.2, 0.25) is 0 Å². The summed E-state index contributed by atoms with van der Waals surface area (Å²) in [6, 6.07) is 6.89. The lowest BCUT2D eigenvalue weighted by Crippen LogP contribution is -2.43. The van der Waals surface area contributed by atoms with Gasteiger partial charge in [-0.15, -0.1) is 0 Å². The minimum absolute atomic E-state index is 0.0769. The monoisotopic (exact) mass is 385 g/mol. The zero-order valence-electron chi connectivity index (χ0n) is 18.1. The molecule has 1 aromatic rings. The normalized spacial score (nSPS) is 34.0. The summed E-state index contributed by atoms with van der Waals surface area (Å²) in [6.07, 6.45) is 8.14. The Balaban J connectivity index is 1.39. The number of ether oxygens (including phenoxy) is 1. The third-order valence-corrected chi connectivity index (χ3v) is 8.43. The molecule has 28 heavy (non-hydrogen) atoms. The quantitative estimate of drug-likeness (QED) is 0.669. The summed E-state index contributed by atoms with van der Waals surface area (Å²) in [5.41, 5.74) is 3.27. The molecule has 0 amide bonds. The molecule has 0 spiro atoms. The maximum absolute atomic E-state index is 10.6. The first-order valence-electron chi connectivity index (χ1n) is 11.7. The number of benzene rings is 1. The van der Waals surface area contributed by atoms with E-state index in [4.69, 9.17) is 4.74 Å². The fraction of sp³-hybridized carbons (Fsp3) is 0.760. The Morgan fingerprint density at radius 3 is 2.75 bits per heavy atom. The maximum Gasteiger partial charge on any atom is 0.119 e. The highest BCUT2D eigenvalue weighted by Crippen LogP contribution is 2.60. The molecule has 3 aliphatic rings. The number of aliphatic hydroxyl groups excluding tert-OH is 1. The van der Waals surface area contributed by atoms with Gasteiger partial charge in [0.15, 0.2) is 0 Å². The van der Waals surface area contributed by atoms with Crippen LogP contribution in [0.4, 0.5) is 0 Å². The Hall–Kier alpha value is -1.06. The molecule has 2 saturated carbocycles. The van der Waals surface area contributed by atoms with E-state index in [0.29, 0.717) is 11.8 Å². The Morgan fingerprint density at radius 1 is 1.14 bits per heavy atom. The third-order valence-electron chi connectivity index (χ3n) is 8.43. The standard InChI is InChI=1S/C25H39NO2/c1-4-26(5-2)15-6-16-28-19-8-10-20-18(17-19)7-9-22-21(20)13-14-25(3)23(22)11-12-24(25)27/h8,10,17,21-24,27H,4-7,9,11-16H2,1-3H3/t21-,22-,23+,24-,25+/m1/s1. The summed E-state index contributed by atoms with van der Waals surface area (Å²) in [4.78, 5) is 2.45. The van der Waals surface area contributed by atoms with E-state index in [9.17, 15) is 5.11 Å². The smallest absolute Gasteiger partial charge is 0.119 e. The predicted molar refractivity (Wildman–Crippen MR) is 115 cm³/mol. The summed E-state index contributed by atoms with van der Waals surface area (Å²) < 4.78 is 6.09. The van der Waals surface area contributed by atoms with E-state index in [2.05, 4.69) is 43.9 Å². The minimum atomic E-state index is -0.0769. The van der Waals surface area contributed by atoms with E-state index in [1.807, 2.05) is 0 Å². The van der Waals surface area contributed by atoms with Gasteiger partial charge in [-0.1, -0.05) is 26.8 Å². The number of hydrogen-bond donors (Lipinski definition) is 1. The van der Waals surface area contributed by atoms with Gasteiger partial charge in [0.1, 0.15) is 5.75 Å². The number of rotatable bonds is 7. The lowest BCUT2D eigenvalue weighted by molar-refractivity contribution is -0.0226. The average molecular weight is 386 g/mol. The van der Waals surface area contributed by atoms with Gasteiger partial charge in [-0.25, -0.2) is 0 Å². The van der Waals surface area contributed by atoms with Crippen molar-refractivity contribution in [2.24, 2.45) is 17.3 Å². The largest absolute Gasteiger partial charge is 0.494 e. The van der Waals surface area contributed by atoms with Crippen LogP contribution in [0.1, 0.15) is 76.3 Å². The van der Waals surface area contributed by atoms with E-state index in [1.54, 1.807) is 5.56 Å². The second kappa shape index (κ2) is 8.36. The first-order valence-corrected chi connectivity index (χ1v) is 11.7. The molecule has 2 fully saturated rings. The van der Waals surface area contributed by atoms with Crippen molar-refractivity contribution in [2.45, 2.75) is 77.7 Å². The van der Waals surface area contributed by atoms with Gasteiger partial charge in [0.25, 0.3) is 0 Å². The van der Waals surface area contributed by atoms with Gasteiger partial charge >= 0.3 is 0 Å². The summed E-state index contributed by atoms with van der Waals surface area (Å²) in [6.45, 7) is 11.0. The number of aryl methyl sites for hydroxylation is 1. The Labute approximate surface area is 171 Å². The highest BCUT2D eigenvalue weighted by Gasteiger charge is 2.54. The molecule has 4 rings (SSSR count). The number of fused-ring (bicyclic) bond motifs is 5. The predicted octanol–water partition coefficient (Wildman–Crippen LogP) is 5.01. The molecule has 0 heterocycles. The Kier molecular flexibility index (Phi) is 6.04. The summed E-state index contributed by atoms with van der Waals surface area (Å²) >= 11 is 0. The topological polar surface area (TPSA) is 32.7 Å². The van der Waals surface area contributed by atoms with Crippen LogP contribution < -0.4 is 4.74 Å². The van der Waals surface area contributed by atoms with Crippen molar-refractivity contribution in [2.75, 3.05) is 26.2 Å². The molecule has 156 valence electrons. The highest BCUT2D eigenvalue weighted by molar-refractivity contribution is 5.40. The van der Waals surface area contributed by atoms with Crippen LogP contribution >= 0.6 is 0 Å². The van der Waals surface area contributed by atoms with E-state index < -0.39 is 0 Å². The molecule has 5 atom stereocenters. The van der Waals surface area contributed by atoms with Crippen LogP contribution in [0, 0.1) is 17.3 Å². The zero-order chi connectivity index (χ0) is 19.7. The van der Waals surface area contributed by atoms with Gasteiger partial charge in [0, 0.05) is 6.54 Å². The summed E-state index contributed by atoms with van der Waals surface area (Å²) in [7, 11) is 0. The van der Waals surface area contributed by atoms with Crippen molar-refractivity contribution in [3.05, 3.63) is 29.3 Å². The van der Waals surface area contributed by atoms with Crippen molar-refractivity contribution in [1.29, 1.82) is 0 Å². The van der Waals surface area contributed by atoms with Gasteiger partial charge in [0.05, 0.1) is 12.7 Å². The first kappa shape index (κ1) is 20.2. The Bertz CT molecular complexity index is 671. The van der Waals surface area contributed by atoms with Crippen molar-refractivity contribution < 1.29 is 9.84 Å². The van der Waals surface area contributed by atoms with E-state index in [-0.39, 0.29) is 11.5 Å². The van der Waals surface area contributed by atoms with Gasteiger partial charge < -0.3 is 14.7 Å². The molecule has 0 radical (unpaired) electrons. The Morgan fingerprint density at radius 2 is 1.96 bits per heavy atom. The number of hydrogen-bond acceptors (Lipinski definition) is 3. The van der Waals surface area contributed by atoms with Crippen LogP contribution in [0.2, 0.25) is 0 Å². The average Bonchev–Trinajstić information content (AvgIpc) is 3.02. The molecule has 1 N–H and O–H groups in total. The van der Waals surface area contributed by atoms with Gasteiger partial charge in [-0.05, 0) is 104 Å². The summed E-state index contributed by atoms with van der Waals surface area (Å²) in [5.74, 6) is 3.23. The van der Waals surface area contributed by atoms with Crippen LogP contribution in [-0.4, -0.2) is 42.4 Å². The molecule has 0 aromatic heterocycles. The van der Waals surface area contributed by atoms with Crippen molar-refractivity contribution >= 4 is 0 Å². The fourth-order valence-corrected chi connectivity index (χ4v) is 6.64. The zero-order valence-corrected chi connectivity index (χ0v) is 18.1. The van der Waals surface area contributed by atoms with Crippen molar-refractivity contribution in [3.63, 3.8) is 0 Å². The minimum Gasteiger partial charge on any atom is -0.494 e. The van der Waals surface area contributed by atoms with Crippen LogP contribution in [0.25, 0.3) is 0 Å². The van der Waals surface area contributed by atoms with Crippen LogP contribution in [-0.2, 0) is 6.42 Å². The molecule has 0 unspecified atom stereocenters. The van der Waals surface area contributed by atoms with Crippen molar-refractivity contribution in [3.8, 4) is 5.75 Å². The number of nitrogens with zero attached hydrogens (tertiary/aromatic N) is 1. The van der Waals surface area contributed by atoms with Gasteiger partial charge in [-0.3, -0.25) is 0 Å². The molecule has 0 aliphatic heterocycles. The second-order valence-corrected chi connectivity index (χ2v) is 9.64. The van der Waals surface area contributed by atoms with Crippen LogP contribution in [0.5, 0.6) is 5.75 Å². The van der Waals surface area contributed by atoms with Crippen molar-refractivity contribution in [1.82, 2.24) is 4.90 Å². The molecule has 0 saturated heterocycles. The van der Waals surface area contributed by atoms with Gasteiger partial charge in [-0.2, -0.15) is 0 Å². The highest BCUT2D eigenvalue weighted by atomic mass is 16.5. The molecular weight excluding hydrogens is 346 g/mol. The number of aliphatic hydroxyl groups is 1. The lowest BCUT2D eigenvalue weighted by atomic mass is 9.55. The third kappa shape index (κ3) is 3.61. The maximum atomic E-state index is 10.6. The SMILES string of the molecule is CCN(CC)CCCOc1ccc2c(c1)CC[C@@H]1[C@@H]2CC[C@]2(C)[C@H](O)CC[C@@H]12. The van der Waals surface area contributed by atoms with E-state index >= 15 is 0 Å². The molecule has 0 bridgehead atoms. The first-order chi connectivity index (χ1) is 13.6.